The maximum atomic E-state index is 5.40. The van der Waals surface area contributed by atoms with E-state index in [4.69, 9.17) is 4.74 Å². The lowest BCUT2D eigenvalue weighted by molar-refractivity contribution is 0.0852. The summed E-state index contributed by atoms with van der Waals surface area (Å²) in [5, 5.41) is 3.43. The Hall–Kier alpha value is -1.20. The quantitative estimate of drug-likeness (QED) is 0.867. The first-order valence-electron chi connectivity index (χ1n) is 7.21. The molecule has 5 nitrogen and oxygen atoms in total. The Kier molecular flexibility index (Phi) is 3.94. The first-order chi connectivity index (χ1) is 9.33. The van der Waals surface area contributed by atoms with Crippen LogP contribution in [0.15, 0.2) is 12.4 Å². The molecule has 3 heterocycles. The van der Waals surface area contributed by atoms with Gasteiger partial charge in [-0.3, -0.25) is 0 Å². The standard InChI is InChI=1S/C14H22N4O/c1-11-10-18(5-4-15-11)14-16-8-13(9-17-14)12-2-6-19-7-3-12/h8-9,11-12,15H,2-7,10H2,1H3. The SMILES string of the molecule is CC1CN(c2ncc(C3CCOCC3)cn2)CCN1. The summed E-state index contributed by atoms with van der Waals surface area (Å²) in [5.41, 5.74) is 1.26. The van der Waals surface area contributed by atoms with Crippen molar-refractivity contribution >= 4 is 5.95 Å². The lowest BCUT2D eigenvalue weighted by Gasteiger charge is -2.32. The fourth-order valence-electron chi connectivity index (χ4n) is 2.85. The average molecular weight is 262 g/mol. The van der Waals surface area contributed by atoms with Crippen molar-refractivity contribution in [3.63, 3.8) is 0 Å². The summed E-state index contributed by atoms with van der Waals surface area (Å²) in [6.45, 7) is 6.90. The molecule has 0 radical (unpaired) electrons. The van der Waals surface area contributed by atoms with Crippen molar-refractivity contribution < 1.29 is 4.74 Å². The van der Waals surface area contributed by atoms with Crippen LogP contribution in [0.1, 0.15) is 31.2 Å². The fourth-order valence-corrected chi connectivity index (χ4v) is 2.85. The molecule has 0 spiro atoms. The number of hydrogen-bond acceptors (Lipinski definition) is 5. The van der Waals surface area contributed by atoms with Crippen molar-refractivity contribution in [2.45, 2.75) is 31.7 Å². The van der Waals surface area contributed by atoms with Crippen LogP contribution < -0.4 is 10.2 Å². The minimum absolute atomic E-state index is 0.507. The summed E-state index contributed by atoms with van der Waals surface area (Å²) in [7, 11) is 0. The summed E-state index contributed by atoms with van der Waals surface area (Å²) in [6, 6.07) is 0.507. The molecule has 1 aromatic rings. The van der Waals surface area contributed by atoms with E-state index in [9.17, 15) is 0 Å². The molecule has 0 saturated carbocycles. The molecule has 2 saturated heterocycles. The summed E-state index contributed by atoms with van der Waals surface area (Å²) >= 11 is 0. The minimum atomic E-state index is 0.507. The molecule has 1 N–H and O–H groups in total. The number of aromatic nitrogens is 2. The van der Waals surface area contributed by atoms with E-state index >= 15 is 0 Å². The summed E-state index contributed by atoms with van der Waals surface area (Å²) in [5.74, 6) is 1.44. The van der Waals surface area contributed by atoms with Crippen LogP contribution in [0.25, 0.3) is 0 Å². The highest BCUT2D eigenvalue weighted by Crippen LogP contribution is 2.26. The molecule has 0 bridgehead atoms. The van der Waals surface area contributed by atoms with Gasteiger partial charge in [0.05, 0.1) is 0 Å². The topological polar surface area (TPSA) is 50.3 Å². The number of hydrogen-bond donors (Lipinski definition) is 1. The number of rotatable bonds is 2. The summed E-state index contributed by atoms with van der Waals surface area (Å²) in [6.07, 6.45) is 6.19. The molecule has 2 aliphatic rings. The van der Waals surface area contributed by atoms with Crippen LogP contribution in [0.5, 0.6) is 0 Å². The highest BCUT2D eigenvalue weighted by molar-refractivity contribution is 5.32. The second kappa shape index (κ2) is 5.84. The van der Waals surface area contributed by atoms with Gasteiger partial charge in [0.15, 0.2) is 0 Å². The zero-order chi connectivity index (χ0) is 13.1. The van der Waals surface area contributed by atoms with Crippen molar-refractivity contribution in [1.82, 2.24) is 15.3 Å². The first-order valence-corrected chi connectivity index (χ1v) is 7.21. The fraction of sp³-hybridized carbons (Fsp3) is 0.714. The van der Waals surface area contributed by atoms with Gasteiger partial charge >= 0.3 is 0 Å². The zero-order valence-electron chi connectivity index (χ0n) is 11.5. The van der Waals surface area contributed by atoms with Gasteiger partial charge < -0.3 is 15.0 Å². The molecule has 1 atom stereocenters. The summed E-state index contributed by atoms with van der Waals surface area (Å²) < 4.78 is 5.40. The van der Waals surface area contributed by atoms with E-state index in [1.54, 1.807) is 0 Å². The number of piperazine rings is 1. The van der Waals surface area contributed by atoms with Gasteiger partial charge in [0.25, 0.3) is 0 Å². The third-order valence-corrected chi connectivity index (χ3v) is 4.00. The monoisotopic (exact) mass is 262 g/mol. The maximum Gasteiger partial charge on any atom is 0.225 e. The molecule has 1 unspecified atom stereocenters. The van der Waals surface area contributed by atoms with Crippen LogP contribution in [0.4, 0.5) is 5.95 Å². The van der Waals surface area contributed by atoms with E-state index in [0.29, 0.717) is 12.0 Å². The lowest BCUT2D eigenvalue weighted by atomic mass is 9.94. The van der Waals surface area contributed by atoms with E-state index in [2.05, 4.69) is 27.1 Å². The predicted octanol–water partition coefficient (Wildman–Crippen LogP) is 1.17. The van der Waals surface area contributed by atoms with E-state index in [-0.39, 0.29) is 0 Å². The Morgan fingerprint density at radius 3 is 2.68 bits per heavy atom. The van der Waals surface area contributed by atoms with E-state index in [1.807, 2.05) is 12.4 Å². The largest absolute Gasteiger partial charge is 0.381 e. The Morgan fingerprint density at radius 2 is 2.00 bits per heavy atom. The molecule has 0 aromatic carbocycles. The average Bonchev–Trinajstić information content (AvgIpc) is 2.48. The predicted molar refractivity (Wildman–Crippen MR) is 74.5 cm³/mol. The summed E-state index contributed by atoms with van der Waals surface area (Å²) in [4.78, 5) is 11.4. The molecular formula is C14H22N4O. The van der Waals surface area contributed by atoms with Crippen LogP contribution in [-0.2, 0) is 4.74 Å². The molecule has 0 amide bonds. The smallest absolute Gasteiger partial charge is 0.225 e. The number of ether oxygens (including phenoxy) is 1. The second-order valence-electron chi connectivity index (χ2n) is 5.50. The van der Waals surface area contributed by atoms with E-state index in [1.165, 1.54) is 5.56 Å². The molecule has 19 heavy (non-hydrogen) atoms. The van der Waals surface area contributed by atoms with Crippen molar-refractivity contribution in [1.29, 1.82) is 0 Å². The molecule has 2 fully saturated rings. The molecule has 2 aliphatic heterocycles. The van der Waals surface area contributed by atoms with Gasteiger partial charge in [-0.25, -0.2) is 9.97 Å². The Balaban J connectivity index is 1.67. The third-order valence-electron chi connectivity index (χ3n) is 4.00. The number of anilines is 1. The molecule has 1 aromatic heterocycles. The van der Waals surface area contributed by atoms with Crippen LogP contribution in [0, 0.1) is 0 Å². The van der Waals surface area contributed by atoms with Crippen molar-refractivity contribution in [2.75, 3.05) is 37.7 Å². The van der Waals surface area contributed by atoms with Gasteiger partial charge in [0.2, 0.25) is 5.95 Å². The Bertz CT molecular complexity index is 402. The molecular weight excluding hydrogens is 240 g/mol. The minimum Gasteiger partial charge on any atom is -0.381 e. The normalized spacial score (nSPS) is 25.5. The van der Waals surface area contributed by atoms with Crippen LogP contribution >= 0.6 is 0 Å². The zero-order valence-corrected chi connectivity index (χ0v) is 11.5. The Labute approximate surface area is 114 Å². The maximum absolute atomic E-state index is 5.40. The van der Waals surface area contributed by atoms with Crippen LogP contribution in [0.3, 0.4) is 0 Å². The number of nitrogens with zero attached hydrogens (tertiary/aromatic N) is 3. The van der Waals surface area contributed by atoms with E-state index < -0.39 is 0 Å². The van der Waals surface area contributed by atoms with Gasteiger partial charge in [0, 0.05) is 51.3 Å². The highest BCUT2D eigenvalue weighted by Gasteiger charge is 2.20. The molecule has 104 valence electrons. The van der Waals surface area contributed by atoms with Crippen molar-refractivity contribution in [3.8, 4) is 0 Å². The lowest BCUT2D eigenvalue weighted by Crippen LogP contribution is -2.49. The molecule has 0 aliphatic carbocycles. The van der Waals surface area contributed by atoms with Crippen LogP contribution in [-0.4, -0.2) is 48.9 Å². The van der Waals surface area contributed by atoms with Gasteiger partial charge in [-0.2, -0.15) is 0 Å². The van der Waals surface area contributed by atoms with Crippen molar-refractivity contribution in [2.24, 2.45) is 0 Å². The highest BCUT2D eigenvalue weighted by atomic mass is 16.5. The van der Waals surface area contributed by atoms with Gasteiger partial charge in [-0.05, 0) is 31.2 Å². The first kappa shape index (κ1) is 12.8. The molecule has 5 heteroatoms. The molecule has 3 rings (SSSR count). The van der Waals surface area contributed by atoms with E-state index in [0.717, 1.165) is 51.6 Å². The van der Waals surface area contributed by atoms with Gasteiger partial charge in [-0.1, -0.05) is 0 Å². The van der Waals surface area contributed by atoms with Crippen LogP contribution in [0.2, 0.25) is 0 Å². The third kappa shape index (κ3) is 3.04. The van der Waals surface area contributed by atoms with Gasteiger partial charge in [0.1, 0.15) is 0 Å². The number of nitrogens with one attached hydrogen (secondary N) is 1. The van der Waals surface area contributed by atoms with Crippen molar-refractivity contribution in [3.05, 3.63) is 18.0 Å². The second-order valence-corrected chi connectivity index (χ2v) is 5.50. The Morgan fingerprint density at radius 1 is 1.26 bits per heavy atom. The van der Waals surface area contributed by atoms with Gasteiger partial charge in [-0.15, -0.1) is 0 Å².